The van der Waals surface area contributed by atoms with Gasteiger partial charge in [-0.3, -0.25) is 0 Å². The highest BCUT2D eigenvalue weighted by Gasteiger charge is 2.30. The molecule has 114 valence electrons. The summed E-state index contributed by atoms with van der Waals surface area (Å²) in [5, 5.41) is 3.43. The van der Waals surface area contributed by atoms with Crippen LogP contribution in [-0.4, -0.2) is 33.0 Å². The van der Waals surface area contributed by atoms with Gasteiger partial charge in [-0.25, -0.2) is 8.42 Å². The van der Waals surface area contributed by atoms with Gasteiger partial charge in [-0.05, 0) is 56.9 Å². The molecule has 4 heteroatoms. The van der Waals surface area contributed by atoms with Gasteiger partial charge < -0.3 is 5.32 Å². The zero-order valence-electron chi connectivity index (χ0n) is 13.0. The first-order valence-corrected chi connectivity index (χ1v) is 9.59. The number of sulfone groups is 1. The highest BCUT2D eigenvalue weighted by molar-refractivity contribution is 7.91. The number of nitrogens with one attached hydrogen (secondary N) is 1. The molecule has 0 aromatic heterocycles. The van der Waals surface area contributed by atoms with Crippen LogP contribution in [0.15, 0.2) is 0 Å². The van der Waals surface area contributed by atoms with Crippen molar-refractivity contribution in [2.45, 2.75) is 58.9 Å². The average molecular weight is 289 g/mol. The molecule has 0 saturated heterocycles. The van der Waals surface area contributed by atoms with Crippen molar-refractivity contribution in [1.82, 2.24) is 5.32 Å². The SMILES string of the molecule is CCS(=O)(=O)CCCC1CC(C(C)C)CCC1NC. The molecule has 0 bridgehead atoms. The monoisotopic (exact) mass is 289 g/mol. The van der Waals surface area contributed by atoms with Gasteiger partial charge in [0, 0.05) is 11.8 Å². The van der Waals surface area contributed by atoms with E-state index in [-0.39, 0.29) is 5.75 Å². The normalized spacial score (nSPS) is 28.8. The van der Waals surface area contributed by atoms with Crippen molar-refractivity contribution in [3.63, 3.8) is 0 Å². The molecule has 1 fully saturated rings. The lowest BCUT2D eigenvalue weighted by atomic mass is 9.72. The van der Waals surface area contributed by atoms with E-state index >= 15 is 0 Å². The first-order valence-electron chi connectivity index (χ1n) is 7.77. The molecule has 19 heavy (non-hydrogen) atoms. The second kappa shape index (κ2) is 7.63. The predicted octanol–water partition coefficient (Wildman–Crippen LogP) is 2.86. The van der Waals surface area contributed by atoms with E-state index in [0.717, 1.165) is 24.7 Å². The van der Waals surface area contributed by atoms with E-state index in [2.05, 4.69) is 19.2 Å². The molecule has 0 aliphatic heterocycles. The van der Waals surface area contributed by atoms with E-state index in [0.29, 0.717) is 17.7 Å². The maximum absolute atomic E-state index is 11.5. The topological polar surface area (TPSA) is 46.2 Å². The Morgan fingerprint density at radius 2 is 1.95 bits per heavy atom. The molecule has 0 amide bonds. The summed E-state index contributed by atoms with van der Waals surface area (Å²) >= 11 is 0. The maximum Gasteiger partial charge on any atom is 0.150 e. The Bertz CT molecular complexity index is 351. The van der Waals surface area contributed by atoms with Crippen molar-refractivity contribution in [3.8, 4) is 0 Å². The van der Waals surface area contributed by atoms with Crippen LogP contribution in [0.5, 0.6) is 0 Å². The lowest BCUT2D eigenvalue weighted by Crippen LogP contribution is -2.39. The van der Waals surface area contributed by atoms with Crippen LogP contribution in [0, 0.1) is 17.8 Å². The van der Waals surface area contributed by atoms with Crippen LogP contribution < -0.4 is 5.32 Å². The standard InChI is InChI=1S/C15H31NO2S/c1-5-19(17,18)10-6-7-14-11-13(12(2)3)8-9-15(14)16-4/h12-16H,5-11H2,1-4H3. The van der Waals surface area contributed by atoms with Crippen LogP contribution in [-0.2, 0) is 9.84 Å². The fourth-order valence-electron chi connectivity index (χ4n) is 3.31. The Labute approximate surface area is 119 Å². The van der Waals surface area contributed by atoms with Gasteiger partial charge in [-0.2, -0.15) is 0 Å². The predicted molar refractivity (Wildman–Crippen MR) is 82.1 cm³/mol. The molecule has 1 rings (SSSR count). The summed E-state index contributed by atoms with van der Waals surface area (Å²) in [6, 6.07) is 0.583. The zero-order chi connectivity index (χ0) is 14.5. The van der Waals surface area contributed by atoms with E-state index < -0.39 is 9.84 Å². The third kappa shape index (κ3) is 5.42. The van der Waals surface area contributed by atoms with Gasteiger partial charge in [0.05, 0.1) is 5.75 Å². The largest absolute Gasteiger partial charge is 0.317 e. The fourth-order valence-corrected chi connectivity index (χ4v) is 4.21. The summed E-state index contributed by atoms with van der Waals surface area (Å²) < 4.78 is 23.1. The van der Waals surface area contributed by atoms with Gasteiger partial charge in [0.25, 0.3) is 0 Å². The minimum absolute atomic E-state index is 0.280. The van der Waals surface area contributed by atoms with E-state index in [9.17, 15) is 8.42 Å². The lowest BCUT2D eigenvalue weighted by molar-refractivity contribution is 0.165. The van der Waals surface area contributed by atoms with E-state index in [4.69, 9.17) is 0 Å². The molecule has 1 saturated carbocycles. The minimum Gasteiger partial charge on any atom is -0.317 e. The lowest BCUT2D eigenvalue weighted by Gasteiger charge is -2.38. The van der Waals surface area contributed by atoms with E-state index in [1.54, 1.807) is 6.92 Å². The van der Waals surface area contributed by atoms with Gasteiger partial charge in [0.15, 0.2) is 0 Å². The van der Waals surface area contributed by atoms with Gasteiger partial charge in [0.2, 0.25) is 0 Å². The molecular weight excluding hydrogens is 258 g/mol. The van der Waals surface area contributed by atoms with E-state index in [1.807, 2.05) is 7.05 Å². The molecule has 3 atom stereocenters. The molecule has 0 heterocycles. The van der Waals surface area contributed by atoms with Crippen molar-refractivity contribution < 1.29 is 8.42 Å². The molecule has 3 unspecified atom stereocenters. The quantitative estimate of drug-likeness (QED) is 0.784. The minimum atomic E-state index is -2.79. The molecule has 0 spiro atoms. The second-order valence-corrected chi connectivity index (χ2v) is 8.82. The van der Waals surface area contributed by atoms with Crippen LogP contribution in [0.1, 0.15) is 52.9 Å². The van der Waals surface area contributed by atoms with Gasteiger partial charge >= 0.3 is 0 Å². The van der Waals surface area contributed by atoms with Crippen LogP contribution >= 0.6 is 0 Å². The average Bonchev–Trinajstić information content (AvgIpc) is 2.38. The van der Waals surface area contributed by atoms with Crippen molar-refractivity contribution in [2.75, 3.05) is 18.6 Å². The Balaban J connectivity index is 2.47. The maximum atomic E-state index is 11.5. The summed E-state index contributed by atoms with van der Waals surface area (Å²) in [5.41, 5.74) is 0. The summed E-state index contributed by atoms with van der Waals surface area (Å²) in [5.74, 6) is 2.86. The number of rotatable bonds is 7. The fraction of sp³-hybridized carbons (Fsp3) is 1.00. The first kappa shape index (κ1) is 17.0. The molecule has 1 aliphatic carbocycles. The van der Waals surface area contributed by atoms with Crippen molar-refractivity contribution in [3.05, 3.63) is 0 Å². The van der Waals surface area contributed by atoms with Crippen LogP contribution in [0.25, 0.3) is 0 Å². The first-order chi connectivity index (χ1) is 8.89. The third-order valence-electron chi connectivity index (χ3n) is 4.81. The molecule has 3 nitrogen and oxygen atoms in total. The smallest absolute Gasteiger partial charge is 0.150 e. The molecule has 1 N–H and O–H groups in total. The molecule has 0 aromatic carbocycles. The second-order valence-electron chi connectivity index (χ2n) is 6.35. The van der Waals surface area contributed by atoms with Crippen molar-refractivity contribution >= 4 is 9.84 Å². The zero-order valence-corrected chi connectivity index (χ0v) is 13.8. The van der Waals surface area contributed by atoms with Crippen molar-refractivity contribution in [2.24, 2.45) is 17.8 Å². The molecule has 0 radical (unpaired) electrons. The number of hydrogen-bond donors (Lipinski definition) is 1. The third-order valence-corrected chi connectivity index (χ3v) is 6.60. The van der Waals surface area contributed by atoms with Crippen LogP contribution in [0.2, 0.25) is 0 Å². The Hall–Kier alpha value is -0.0900. The highest BCUT2D eigenvalue weighted by atomic mass is 32.2. The summed E-state index contributed by atoms with van der Waals surface area (Å²) in [7, 11) is -0.757. The van der Waals surface area contributed by atoms with E-state index in [1.165, 1.54) is 19.3 Å². The van der Waals surface area contributed by atoms with Gasteiger partial charge in [-0.1, -0.05) is 20.8 Å². The summed E-state index contributed by atoms with van der Waals surface area (Å²) in [6.07, 6.45) is 5.69. The van der Waals surface area contributed by atoms with Gasteiger partial charge in [0.1, 0.15) is 9.84 Å². The van der Waals surface area contributed by atoms with Crippen molar-refractivity contribution in [1.29, 1.82) is 0 Å². The Morgan fingerprint density at radius 3 is 2.47 bits per heavy atom. The Morgan fingerprint density at radius 1 is 1.26 bits per heavy atom. The van der Waals surface area contributed by atoms with Gasteiger partial charge in [-0.15, -0.1) is 0 Å². The van der Waals surface area contributed by atoms with Crippen LogP contribution in [0.3, 0.4) is 0 Å². The van der Waals surface area contributed by atoms with Crippen LogP contribution in [0.4, 0.5) is 0 Å². The summed E-state index contributed by atoms with van der Waals surface area (Å²) in [6.45, 7) is 6.35. The molecular formula is C15H31NO2S. The molecule has 0 aromatic rings. The Kier molecular flexibility index (Phi) is 6.81. The number of hydrogen-bond acceptors (Lipinski definition) is 3. The molecule has 1 aliphatic rings. The highest BCUT2D eigenvalue weighted by Crippen LogP contribution is 2.36. The summed E-state index contributed by atoms with van der Waals surface area (Å²) in [4.78, 5) is 0.